The Balaban J connectivity index is 2.01. The number of carbonyl (C=O) groups is 1. The van der Waals surface area contributed by atoms with Crippen molar-refractivity contribution in [2.75, 3.05) is 26.0 Å². The third-order valence-electron chi connectivity index (χ3n) is 3.29. The van der Waals surface area contributed by atoms with Crippen molar-refractivity contribution in [1.29, 1.82) is 0 Å². The number of aromatic nitrogens is 1. The predicted octanol–water partition coefficient (Wildman–Crippen LogP) is 1.11. The van der Waals surface area contributed by atoms with Gasteiger partial charge in [0.2, 0.25) is 0 Å². The highest BCUT2D eigenvalue weighted by molar-refractivity contribution is 5.92. The lowest BCUT2D eigenvalue weighted by Gasteiger charge is -2.36. The Hall–Kier alpha value is -1.62. The Morgan fingerprint density at radius 2 is 2.28 bits per heavy atom. The van der Waals surface area contributed by atoms with Crippen molar-refractivity contribution in [3.8, 4) is 0 Å². The van der Waals surface area contributed by atoms with Crippen LogP contribution in [0.3, 0.4) is 0 Å². The number of rotatable bonds is 4. The molecule has 18 heavy (non-hydrogen) atoms. The highest BCUT2D eigenvalue weighted by atomic mass is 16.3. The molecule has 0 aliphatic heterocycles. The molecule has 2 rings (SSSR count). The summed E-state index contributed by atoms with van der Waals surface area (Å²) >= 11 is 0. The van der Waals surface area contributed by atoms with Gasteiger partial charge in [-0.05, 0) is 31.4 Å². The molecule has 1 aliphatic rings. The second kappa shape index (κ2) is 4.94. The first kappa shape index (κ1) is 12.8. The van der Waals surface area contributed by atoms with Gasteiger partial charge in [0.1, 0.15) is 5.69 Å². The topological polar surface area (TPSA) is 65.5 Å². The van der Waals surface area contributed by atoms with Gasteiger partial charge in [0.25, 0.3) is 5.91 Å². The van der Waals surface area contributed by atoms with Crippen molar-refractivity contribution in [3.05, 3.63) is 24.0 Å². The summed E-state index contributed by atoms with van der Waals surface area (Å²) in [6, 6.07) is 3.51. The van der Waals surface area contributed by atoms with Crippen LogP contribution in [0.2, 0.25) is 0 Å². The van der Waals surface area contributed by atoms with Gasteiger partial charge >= 0.3 is 0 Å². The number of amides is 1. The van der Waals surface area contributed by atoms with Crippen LogP contribution in [0.15, 0.2) is 18.3 Å². The molecular weight excluding hydrogens is 230 g/mol. The van der Waals surface area contributed by atoms with Gasteiger partial charge in [-0.3, -0.25) is 9.78 Å². The molecule has 0 unspecified atom stereocenters. The minimum atomic E-state index is -0.574. The van der Waals surface area contributed by atoms with E-state index in [1.165, 1.54) is 4.90 Å². The van der Waals surface area contributed by atoms with Crippen LogP contribution >= 0.6 is 0 Å². The Morgan fingerprint density at radius 3 is 2.83 bits per heavy atom. The summed E-state index contributed by atoms with van der Waals surface area (Å²) in [5, 5.41) is 13.1. The fourth-order valence-electron chi connectivity index (χ4n) is 1.91. The van der Waals surface area contributed by atoms with Crippen LogP contribution in [0.25, 0.3) is 0 Å². The molecule has 1 aromatic rings. The zero-order chi connectivity index (χ0) is 13.2. The molecule has 0 atom stereocenters. The predicted molar refractivity (Wildman–Crippen MR) is 69.5 cm³/mol. The van der Waals surface area contributed by atoms with E-state index in [-0.39, 0.29) is 5.91 Å². The number of anilines is 1. The quantitative estimate of drug-likeness (QED) is 0.839. The summed E-state index contributed by atoms with van der Waals surface area (Å²) in [7, 11) is 3.39. The number of nitrogens with zero attached hydrogens (tertiary/aromatic N) is 2. The van der Waals surface area contributed by atoms with Crippen LogP contribution in [0.4, 0.5) is 5.69 Å². The monoisotopic (exact) mass is 249 g/mol. The van der Waals surface area contributed by atoms with Crippen LogP contribution in [0.5, 0.6) is 0 Å². The highest BCUT2D eigenvalue weighted by Crippen LogP contribution is 2.31. The molecule has 5 heteroatoms. The van der Waals surface area contributed by atoms with Crippen LogP contribution in [-0.4, -0.2) is 47.1 Å². The van der Waals surface area contributed by atoms with Crippen molar-refractivity contribution in [2.24, 2.45) is 0 Å². The van der Waals surface area contributed by atoms with E-state index in [9.17, 15) is 9.90 Å². The van der Waals surface area contributed by atoms with Gasteiger partial charge in [-0.1, -0.05) is 0 Å². The van der Waals surface area contributed by atoms with E-state index in [1.807, 2.05) is 0 Å². The lowest BCUT2D eigenvalue weighted by atomic mass is 9.80. The van der Waals surface area contributed by atoms with E-state index in [4.69, 9.17) is 0 Å². The number of hydrogen-bond acceptors (Lipinski definition) is 4. The van der Waals surface area contributed by atoms with Crippen molar-refractivity contribution in [1.82, 2.24) is 9.88 Å². The summed E-state index contributed by atoms with van der Waals surface area (Å²) < 4.78 is 0. The SMILES string of the molecule is CN(C)C(=O)c1cc(NCC2(O)CCC2)ccn1. The third-order valence-corrected chi connectivity index (χ3v) is 3.29. The number of nitrogens with one attached hydrogen (secondary N) is 1. The van der Waals surface area contributed by atoms with E-state index in [2.05, 4.69) is 10.3 Å². The zero-order valence-electron chi connectivity index (χ0n) is 10.8. The van der Waals surface area contributed by atoms with E-state index in [1.54, 1.807) is 32.4 Å². The van der Waals surface area contributed by atoms with E-state index in [0.29, 0.717) is 12.2 Å². The average molecular weight is 249 g/mol. The maximum absolute atomic E-state index is 11.8. The van der Waals surface area contributed by atoms with Crippen molar-refractivity contribution in [2.45, 2.75) is 24.9 Å². The molecule has 0 radical (unpaired) electrons. The van der Waals surface area contributed by atoms with Gasteiger partial charge in [-0.15, -0.1) is 0 Å². The van der Waals surface area contributed by atoms with E-state index < -0.39 is 5.60 Å². The molecular formula is C13H19N3O2. The fourth-order valence-corrected chi connectivity index (χ4v) is 1.91. The van der Waals surface area contributed by atoms with Crippen LogP contribution in [-0.2, 0) is 0 Å². The second-order valence-corrected chi connectivity index (χ2v) is 5.06. The first-order valence-electron chi connectivity index (χ1n) is 6.14. The summed E-state index contributed by atoms with van der Waals surface area (Å²) in [5.74, 6) is -0.124. The van der Waals surface area contributed by atoms with Crippen LogP contribution in [0.1, 0.15) is 29.8 Å². The van der Waals surface area contributed by atoms with Gasteiger partial charge in [0.05, 0.1) is 5.60 Å². The number of pyridine rings is 1. The van der Waals surface area contributed by atoms with Crippen molar-refractivity contribution < 1.29 is 9.90 Å². The Labute approximate surface area is 107 Å². The van der Waals surface area contributed by atoms with Crippen molar-refractivity contribution in [3.63, 3.8) is 0 Å². The molecule has 0 saturated heterocycles. The van der Waals surface area contributed by atoms with E-state index >= 15 is 0 Å². The van der Waals surface area contributed by atoms with E-state index in [0.717, 1.165) is 24.9 Å². The van der Waals surface area contributed by atoms with Crippen LogP contribution < -0.4 is 5.32 Å². The summed E-state index contributed by atoms with van der Waals surface area (Å²) in [5.41, 5.74) is 0.649. The lowest BCUT2D eigenvalue weighted by molar-refractivity contribution is -0.0201. The molecule has 1 aromatic heterocycles. The number of aliphatic hydroxyl groups is 1. The molecule has 2 N–H and O–H groups in total. The third kappa shape index (κ3) is 2.79. The lowest BCUT2D eigenvalue weighted by Crippen LogP contribution is -2.43. The molecule has 1 fully saturated rings. The summed E-state index contributed by atoms with van der Waals surface area (Å²) in [4.78, 5) is 17.3. The standard InChI is InChI=1S/C13H19N3O2/c1-16(2)12(17)11-8-10(4-7-14-11)15-9-13(18)5-3-6-13/h4,7-8,18H,3,5-6,9H2,1-2H3,(H,14,15). The highest BCUT2D eigenvalue weighted by Gasteiger charge is 2.33. The molecule has 1 saturated carbocycles. The van der Waals surface area contributed by atoms with Gasteiger partial charge in [-0.2, -0.15) is 0 Å². The Bertz CT molecular complexity index is 442. The first-order chi connectivity index (χ1) is 8.50. The van der Waals surface area contributed by atoms with Gasteiger partial charge in [0.15, 0.2) is 0 Å². The molecule has 0 bridgehead atoms. The zero-order valence-corrected chi connectivity index (χ0v) is 10.8. The molecule has 1 aliphatic carbocycles. The average Bonchev–Trinajstić information content (AvgIpc) is 2.33. The maximum Gasteiger partial charge on any atom is 0.272 e. The normalized spacial score (nSPS) is 16.8. The second-order valence-electron chi connectivity index (χ2n) is 5.06. The van der Waals surface area contributed by atoms with Crippen molar-refractivity contribution >= 4 is 11.6 Å². The largest absolute Gasteiger partial charge is 0.388 e. The minimum Gasteiger partial charge on any atom is -0.388 e. The molecule has 0 spiro atoms. The van der Waals surface area contributed by atoms with Crippen LogP contribution in [0, 0.1) is 0 Å². The Kier molecular flexibility index (Phi) is 3.52. The number of carbonyl (C=O) groups excluding carboxylic acids is 1. The molecule has 1 amide bonds. The Morgan fingerprint density at radius 1 is 1.56 bits per heavy atom. The van der Waals surface area contributed by atoms with Gasteiger partial charge < -0.3 is 15.3 Å². The summed E-state index contributed by atoms with van der Waals surface area (Å²) in [6.45, 7) is 0.520. The first-order valence-corrected chi connectivity index (χ1v) is 6.14. The molecule has 5 nitrogen and oxygen atoms in total. The van der Waals surface area contributed by atoms with Gasteiger partial charge in [-0.25, -0.2) is 0 Å². The minimum absolute atomic E-state index is 0.124. The van der Waals surface area contributed by atoms with Gasteiger partial charge in [0, 0.05) is 32.5 Å². The summed E-state index contributed by atoms with van der Waals surface area (Å²) in [6.07, 6.45) is 4.37. The molecule has 0 aromatic carbocycles. The maximum atomic E-state index is 11.8. The molecule has 98 valence electrons. The smallest absolute Gasteiger partial charge is 0.272 e. The number of hydrogen-bond donors (Lipinski definition) is 2. The fraction of sp³-hybridized carbons (Fsp3) is 0.538. The molecule has 1 heterocycles.